The third-order valence-corrected chi connectivity index (χ3v) is 3.39. The fourth-order valence-corrected chi connectivity index (χ4v) is 2.30. The van der Waals surface area contributed by atoms with Crippen molar-refractivity contribution in [3.8, 4) is 0 Å². The van der Waals surface area contributed by atoms with E-state index in [0.29, 0.717) is 5.92 Å². The standard InChI is InChI=1S/C12H22N4S/c1-8(2)6-14-12(13-5)15-7-11-9(3)16-10(4)17-11/h8H,6-7H2,1-5H3,(H2,13,14,15). The van der Waals surface area contributed by atoms with E-state index >= 15 is 0 Å². The Morgan fingerprint density at radius 2 is 2.06 bits per heavy atom. The molecule has 1 aromatic heterocycles. The number of nitrogens with zero attached hydrogens (tertiary/aromatic N) is 2. The highest BCUT2D eigenvalue weighted by Gasteiger charge is 2.05. The van der Waals surface area contributed by atoms with E-state index in [1.165, 1.54) is 4.88 Å². The molecule has 0 aliphatic rings. The van der Waals surface area contributed by atoms with E-state index in [4.69, 9.17) is 0 Å². The van der Waals surface area contributed by atoms with Crippen LogP contribution in [0.2, 0.25) is 0 Å². The van der Waals surface area contributed by atoms with E-state index in [1.807, 2.05) is 13.8 Å². The van der Waals surface area contributed by atoms with Crippen molar-refractivity contribution in [3.63, 3.8) is 0 Å². The van der Waals surface area contributed by atoms with Gasteiger partial charge in [-0.25, -0.2) is 4.98 Å². The molecular formula is C12H22N4S. The van der Waals surface area contributed by atoms with Gasteiger partial charge in [0.2, 0.25) is 0 Å². The fraction of sp³-hybridized carbons (Fsp3) is 0.667. The minimum Gasteiger partial charge on any atom is -0.356 e. The van der Waals surface area contributed by atoms with Crippen LogP contribution in [0.3, 0.4) is 0 Å². The van der Waals surface area contributed by atoms with Crippen LogP contribution in [0.25, 0.3) is 0 Å². The average molecular weight is 254 g/mol. The quantitative estimate of drug-likeness (QED) is 0.639. The number of hydrogen-bond acceptors (Lipinski definition) is 3. The summed E-state index contributed by atoms with van der Waals surface area (Å²) in [6, 6.07) is 0. The summed E-state index contributed by atoms with van der Waals surface area (Å²) in [5, 5.41) is 7.71. The van der Waals surface area contributed by atoms with Gasteiger partial charge in [-0.3, -0.25) is 4.99 Å². The second-order valence-corrected chi connectivity index (χ2v) is 5.73. The Bertz CT molecular complexity index is 382. The van der Waals surface area contributed by atoms with E-state index in [2.05, 4.69) is 34.5 Å². The number of thiazole rings is 1. The van der Waals surface area contributed by atoms with Crippen molar-refractivity contribution in [2.45, 2.75) is 34.2 Å². The van der Waals surface area contributed by atoms with Gasteiger partial charge in [-0.05, 0) is 19.8 Å². The Balaban J connectivity index is 2.45. The number of nitrogens with one attached hydrogen (secondary N) is 2. The Morgan fingerprint density at radius 1 is 1.35 bits per heavy atom. The number of aliphatic imine (C=N–C) groups is 1. The molecule has 0 atom stereocenters. The largest absolute Gasteiger partial charge is 0.356 e. The molecule has 4 nitrogen and oxygen atoms in total. The molecule has 1 rings (SSSR count). The smallest absolute Gasteiger partial charge is 0.191 e. The van der Waals surface area contributed by atoms with Crippen LogP contribution in [0.5, 0.6) is 0 Å². The zero-order chi connectivity index (χ0) is 12.8. The Labute approximate surface area is 108 Å². The summed E-state index contributed by atoms with van der Waals surface area (Å²) in [5.41, 5.74) is 1.11. The molecular weight excluding hydrogens is 232 g/mol. The van der Waals surface area contributed by atoms with Crippen molar-refractivity contribution in [2.75, 3.05) is 13.6 Å². The normalized spacial score (nSPS) is 12.0. The van der Waals surface area contributed by atoms with Crippen LogP contribution >= 0.6 is 11.3 Å². The maximum atomic E-state index is 4.41. The maximum Gasteiger partial charge on any atom is 0.191 e. The summed E-state index contributed by atoms with van der Waals surface area (Å²) in [4.78, 5) is 9.87. The number of guanidine groups is 1. The Morgan fingerprint density at radius 3 is 2.53 bits per heavy atom. The zero-order valence-electron chi connectivity index (χ0n) is 11.3. The van der Waals surface area contributed by atoms with Gasteiger partial charge in [0.1, 0.15) is 0 Å². The minimum atomic E-state index is 0.612. The second kappa shape index (κ2) is 6.59. The average Bonchev–Trinajstić information content (AvgIpc) is 2.57. The summed E-state index contributed by atoms with van der Waals surface area (Å²) in [5.74, 6) is 1.46. The van der Waals surface area contributed by atoms with Crippen molar-refractivity contribution in [1.82, 2.24) is 15.6 Å². The van der Waals surface area contributed by atoms with Crippen LogP contribution in [0.4, 0.5) is 0 Å². The number of aryl methyl sites for hydroxylation is 2. The summed E-state index contributed by atoms with van der Waals surface area (Å²) in [7, 11) is 1.79. The van der Waals surface area contributed by atoms with Gasteiger partial charge < -0.3 is 10.6 Å². The molecule has 0 aromatic carbocycles. The lowest BCUT2D eigenvalue weighted by molar-refractivity contribution is 0.615. The zero-order valence-corrected chi connectivity index (χ0v) is 12.1. The van der Waals surface area contributed by atoms with Crippen LogP contribution < -0.4 is 10.6 Å². The fourth-order valence-electron chi connectivity index (χ4n) is 1.42. The van der Waals surface area contributed by atoms with Gasteiger partial charge in [-0.15, -0.1) is 11.3 Å². The van der Waals surface area contributed by atoms with Gasteiger partial charge in [0.05, 0.1) is 17.2 Å². The molecule has 0 saturated heterocycles. The molecule has 0 aliphatic carbocycles. The molecule has 0 bridgehead atoms. The van der Waals surface area contributed by atoms with E-state index in [0.717, 1.165) is 29.8 Å². The van der Waals surface area contributed by atoms with Crippen LogP contribution in [0, 0.1) is 19.8 Å². The van der Waals surface area contributed by atoms with Crippen LogP contribution in [-0.4, -0.2) is 24.5 Å². The first kappa shape index (κ1) is 14.0. The second-order valence-electron chi connectivity index (χ2n) is 4.44. The molecule has 0 spiro atoms. The lowest BCUT2D eigenvalue weighted by Crippen LogP contribution is -2.38. The molecule has 0 aliphatic heterocycles. The molecule has 17 heavy (non-hydrogen) atoms. The topological polar surface area (TPSA) is 49.3 Å². The first-order valence-corrected chi connectivity index (χ1v) is 6.72. The molecule has 0 saturated carbocycles. The van der Waals surface area contributed by atoms with E-state index in [9.17, 15) is 0 Å². The van der Waals surface area contributed by atoms with E-state index in [1.54, 1.807) is 18.4 Å². The predicted molar refractivity (Wildman–Crippen MR) is 74.6 cm³/mol. The van der Waals surface area contributed by atoms with Crippen LogP contribution in [0.15, 0.2) is 4.99 Å². The van der Waals surface area contributed by atoms with E-state index < -0.39 is 0 Å². The monoisotopic (exact) mass is 254 g/mol. The number of hydrogen-bond donors (Lipinski definition) is 2. The highest BCUT2D eigenvalue weighted by atomic mass is 32.1. The molecule has 96 valence electrons. The molecule has 0 amide bonds. The van der Waals surface area contributed by atoms with Crippen molar-refractivity contribution >= 4 is 17.3 Å². The van der Waals surface area contributed by atoms with Gasteiger partial charge in [0, 0.05) is 18.5 Å². The van der Waals surface area contributed by atoms with Gasteiger partial charge in [-0.2, -0.15) is 0 Å². The molecule has 0 unspecified atom stereocenters. The predicted octanol–water partition coefficient (Wildman–Crippen LogP) is 2.08. The van der Waals surface area contributed by atoms with Crippen LogP contribution in [0.1, 0.15) is 29.4 Å². The van der Waals surface area contributed by atoms with Gasteiger partial charge in [0.15, 0.2) is 5.96 Å². The third kappa shape index (κ3) is 4.73. The lowest BCUT2D eigenvalue weighted by atomic mass is 10.2. The molecule has 0 radical (unpaired) electrons. The SMILES string of the molecule is CN=C(NCc1sc(C)nc1C)NCC(C)C. The van der Waals surface area contributed by atoms with Crippen LogP contribution in [-0.2, 0) is 6.54 Å². The molecule has 5 heteroatoms. The number of rotatable bonds is 4. The Kier molecular flexibility index (Phi) is 5.41. The van der Waals surface area contributed by atoms with Crippen molar-refractivity contribution in [1.29, 1.82) is 0 Å². The third-order valence-electron chi connectivity index (χ3n) is 2.32. The molecule has 1 heterocycles. The summed E-state index contributed by atoms with van der Waals surface area (Å²) in [6.07, 6.45) is 0. The number of aromatic nitrogens is 1. The van der Waals surface area contributed by atoms with Crippen molar-refractivity contribution in [2.24, 2.45) is 10.9 Å². The summed E-state index contributed by atoms with van der Waals surface area (Å²) in [6.45, 7) is 10.2. The first-order valence-electron chi connectivity index (χ1n) is 5.90. The van der Waals surface area contributed by atoms with Gasteiger partial charge in [0.25, 0.3) is 0 Å². The van der Waals surface area contributed by atoms with Gasteiger partial charge >= 0.3 is 0 Å². The van der Waals surface area contributed by atoms with Gasteiger partial charge in [-0.1, -0.05) is 13.8 Å². The lowest BCUT2D eigenvalue weighted by Gasteiger charge is -2.12. The highest BCUT2D eigenvalue weighted by Crippen LogP contribution is 2.16. The highest BCUT2D eigenvalue weighted by molar-refractivity contribution is 7.11. The summed E-state index contributed by atoms with van der Waals surface area (Å²) < 4.78 is 0. The van der Waals surface area contributed by atoms with Crippen molar-refractivity contribution < 1.29 is 0 Å². The minimum absolute atomic E-state index is 0.612. The Hall–Kier alpha value is -1.10. The summed E-state index contributed by atoms with van der Waals surface area (Å²) >= 11 is 1.73. The van der Waals surface area contributed by atoms with E-state index in [-0.39, 0.29) is 0 Å². The molecule has 2 N–H and O–H groups in total. The van der Waals surface area contributed by atoms with Crippen molar-refractivity contribution in [3.05, 3.63) is 15.6 Å². The first-order chi connectivity index (χ1) is 8.02. The molecule has 0 fully saturated rings. The maximum absolute atomic E-state index is 4.41. The molecule has 1 aromatic rings.